The van der Waals surface area contributed by atoms with Crippen molar-refractivity contribution < 1.29 is 14.3 Å². The van der Waals surface area contributed by atoms with Gasteiger partial charge < -0.3 is 14.4 Å². The summed E-state index contributed by atoms with van der Waals surface area (Å²) in [4.78, 5) is 22.6. The molecule has 2 aliphatic heterocycles. The predicted molar refractivity (Wildman–Crippen MR) is 96.7 cm³/mol. The highest BCUT2D eigenvalue weighted by atomic mass is 16.5. The summed E-state index contributed by atoms with van der Waals surface area (Å²) in [6.45, 7) is 3.00. The molecule has 1 aromatic heterocycles. The number of hydrogen-bond donors (Lipinski definition) is 0. The van der Waals surface area contributed by atoms with Gasteiger partial charge in [-0.2, -0.15) is 0 Å². The van der Waals surface area contributed by atoms with Gasteiger partial charge in [-0.1, -0.05) is 12.8 Å². The second-order valence-electron chi connectivity index (χ2n) is 8.18. The van der Waals surface area contributed by atoms with Gasteiger partial charge in [-0.3, -0.25) is 9.78 Å². The molecule has 3 heterocycles. The first-order valence-electron chi connectivity index (χ1n) is 10.0. The van der Waals surface area contributed by atoms with E-state index in [1.807, 2.05) is 4.90 Å². The Morgan fingerprint density at radius 3 is 2.85 bits per heavy atom. The summed E-state index contributed by atoms with van der Waals surface area (Å²) >= 11 is 0. The van der Waals surface area contributed by atoms with Crippen molar-refractivity contribution in [3.63, 3.8) is 0 Å². The van der Waals surface area contributed by atoms with Crippen molar-refractivity contribution in [2.45, 2.75) is 57.0 Å². The molecule has 1 amide bonds. The van der Waals surface area contributed by atoms with E-state index in [4.69, 9.17) is 9.47 Å². The monoisotopic (exact) mass is 359 g/mol. The minimum atomic E-state index is -0.0964. The second-order valence-corrected chi connectivity index (χ2v) is 8.18. The van der Waals surface area contributed by atoms with Gasteiger partial charge in [0, 0.05) is 25.4 Å². The Balaban J connectivity index is 1.20. The van der Waals surface area contributed by atoms with Crippen LogP contribution in [-0.2, 0) is 9.53 Å². The van der Waals surface area contributed by atoms with Gasteiger partial charge in [-0.05, 0) is 43.9 Å². The van der Waals surface area contributed by atoms with E-state index in [2.05, 4.69) is 9.97 Å². The van der Waals surface area contributed by atoms with E-state index in [0.29, 0.717) is 30.2 Å². The Hall–Kier alpha value is -1.69. The first-order valence-corrected chi connectivity index (χ1v) is 10.0. The summed E-state index contributed by atoms with van der Waals surface area (Å²) in [6, 6.07) is 0. The zero-order chi connectivity index (χ0) is 17.8. The average molecular weight is 359 g/mol. The summed E-state index contributed by atoms with van der Waals surface area (Å²) in [6.07, 6.45) is 13.8. The van der Waals surface area contributed by atoms with Crippen LogP contribution in [0.2, 0.25) is 0 Å². The van der Waals surface area contributed by atoms with Crippen LogP contribution in [0.5, 0.6) is 5.88 Å². The largest absolute Gasteiger partial charge is 0.477 e. The molecule has 0 aromatic carbocycles. The summed E-state index contributed by atoms with van der Waals surface area (Å²) in [7, 11) is 0. The van der Waals surface area contributed by atoms with Crippen molar-refractivity contribution in [3.8, 4) is 5.88 Å². The lowest BCUT2D eigenvalue weighted by Gasteiger charge is -2.53. The normalized spacial score (nSPS) is 25.2. The van der Waals surface area contributed by atoms with E-state index < -0.39 is 0 Å². The summed E-state index contributed by atoms with van der Waals surface area (Å²) in [5.41, 5.74) is -0.0964. The van der Waals surface area contributed by atoms with Crippen molar-refractivity contribution in [3.05, 3.63) is 18.6 Å². The lowest BCUT2D eigenvalue weighted by molar-refractivity contribution is -0.189. The number of carbonyl (C=O) groups excluding carboxylic acids is 1. The maximum atomic E-state index is 12.5. The van der Waals surface area contributed by atoms with Gasteiger partial charge in [0.05, 0.1) is 25.9 Å². The van der Waals surface area contributed by atoms with E-state index in [9.17, 15) is 4.79 Å². The number of rotatable bonds is 6. The highest BCUT2D eigenvalue weighted by molar-refractivity contribution is 5.77. The van der Waals surface area contributed by atoms with Crippen LogP contribution in [0.4, 0.5) is 0 Å². The van der Waals surface area contributed by atoms with Crippen molar-refractivity contribution in [2.24, 2.45) is 11.8 Å². The molecule has 6 nitrogen and oxygen atoms in total. The molecule has 0 N–H and O–H groups in total. The van der Waals surface area contributed by atoms with E-state index in [1.54, 1.807) is 18.6 Å². The van der Waals surface area contributed by atoms with Crippen LogP contribution in [0, 0.1) is 11.8 Å². The third kappa shape index (κ3) is 4.17. The molecule has 0 radical (unpaired) electrons. The second kappa shape index (κ2) is 7.91. The number of aromatic nitrogens is 2. The summed E-state index contributed by atoms with van der Waals surface area (Å²) in [5.74, 6) is 2.13. The molecular formula is C20H29N3O3. The lowest BCUT2D eigenvalue weighted by atomic mass is 9.79. The quantitative estimate of drug-likeness (QED) is 0.781. The lowest BCUT2D eigenvalue weighted by Crippen LogP contribution is -2.66. The zero-order valence-corrected chi connectivity index (χ0v) is 15.4. The average Bonchev–Trinajstić information content (AvgIpc) is 3.14. The Morgan fingerprint density at radius 2 is 2.08 bits per heavy atom. The van der Waals surface area contributed by atoms with Gasteiger partial charge in [0.2, 0.25) is 11.8 Å². The smallest absolute Gasteiger partial charge is 0.232 e. The molecule has 1 spiro atoms. The molecule has 26 heavy (non-hydrogen) atoms. The fraction of sp³-hybridized carbons (Fsp3) is 0.750. The first kappa shape index (κ1) is 17.7. The predicted octanol–water partition coefficient (Wildman–Crippen LogP) is 2.83. The molecule has 1 unspecified atom stereocenters. The Labute approximate surface area is 155 Å². The topological polar surface area (TPSA) is 64.6 Å². The Bertz CT molecular complexity index is 598. The maximum absolute atomic E-state index is 12.5. The summed E-state index contributed by atoms with van der Waals surface area (Å²) in [5, 5.41) is 0. The number of ether oxygens (including phenoxy) is 2. The fourth-order valence-electron chi connectivity index (χ4n) is 4.70. The highest BCUT2D eigenvalue weighted by Crippen LogP contribution is 2.39. The molecule has 1 aromatic rings. The Kier molecular flexibility index (Phi) is 5.38. The van der Waals surface area contributed by atoms with Gasteiger partial charge in [-0.15, -0.1) is 0 Å². The molecule has 3 aliphatic rings. The molecule has 2 saturated heterocycles. The zero-order valence-electron chi connectivity index (χ0n) is 15.4. The number of likely N-dealkylation sites (tertiary alicyclic amines) is 1. The van der Waals surface area contributed by atoms with Gasteiger partial charge in [0.15, 0.2) is 0 Å². The molecular weight excluding hydrogens is 330 g/mol. The molecule has 3 fully saturated rings. The van der Waals surface area contributed by atoms with Crippen LogP contribution in [0.1, 0.15) is 51.4 Å². The molecule has 1 aliphatic carbocycles. The van der Waals surface area contributed by atoms with Crippen molar-refractivity contribution in [2.75, 3.05) is 26.3 Å². The van der Waals surface area contributed by atoms with Gasteiger partial charge >= 0.3 is 0 Å². The van der Waals surface area contributed by atoms with Crippen LogP contribution < -0.4 is 4.74 Å². The van der Waals surface area contributed by atoms with Crippen molar-refractivity contribution in [1.29, 1.82) is 0 Å². The number of hydrogen-bond acceptors (Lipinski definition) is 5. The molecule has 1 saturated carbocycles. The van der Waals surface area contributed by atoms with Gasteiger partial charge in [0.1, 0.15) is 5.60 Å². The third-order valence-corrected chi connectivity index (χ3v) is 6.16. The molecule has 142 valence electrons. The number of carbonyl (C=O) groups is 1. The number of nitrogens with zero attached hydrogens (tertiary/aromatic N) is 3. The van der Waals surface area contributed by atoms with Crippen LogP contribution in [-0.4, -0.2) is 52.7 Å². The Morgan fingerprint density at radius 1 is 1.23 bits per heavy atom. The minimum absolute atomic E-state index is 0.0964. The molecule has 4 rings (SSSR count). The standard InChI is InChI=1S/C20H29N3O3/c24-19(11-16-3-1-2-4-16)23-14-20(15-23)12-17(6-10-26-20)5-9-25-18-13-21-7-8-22-18/h7-8,13,16-17H,1-6,9-12,14-15H2. The van der Waals surface area contributed by atoms with Gasteiger partial charge in [-0.25, -0.2) is 4.98 Å². The molecule has 0 bridgehead atoms. The van der Waals surface area contributed by atoms with Crippen LogP contribution in [0.25, 0.3) is 0 Å². The van der Waals surface area contributed by atoms with E-state index >= 15 is 0 Å². The van der Waals surface area contributed by atoms with E-state index in [1.165, 1.54) is 25.7 Å². The van der Waals surface area contributed by atoms with Gasteiger partial charge in [0.25, 0.3) is 0 Å². The van der Waals surface area contributed by atoms with Crippen molar-refractivity contribution in [1.82, 2.24) is 14.9 Å². The minimum Gasteiger partial charge on any atom is -0.477 e. The van der Waals surface area contributed by atoms with E-state index in [-0.39, 0.29) is 5.60 Å². The number of amides is 1. The van der Waals surface area contributed by atoms with E-state index in [0.717, 1.165) is 45.4 Å². The summed E-state index contributed by atoms with van der Waals surface area (Å²) < 4.78 is 11.8. The SMILES string of the molecule is O=C(CC1CCCC1)N1CC2(CC(CCOc3cnccn3)CCO2)C1. The fourth-order valence-corrected chi connectivity index (χ4v) is 4.70. The van der Waals surface area contributed by atoms with Crippen LogP contribution >= 0.6 is 0 Å². The van der Waals surface area contributed by atoms with Crippen LogP contribution in [0.3, 0.4) is 0 Å². The maximum Gasteiger partial charge on any atom is 0.232 e. The van der Waals surface area contributed by atoms with Crippen LogP contribution in [0.15, 0.2) is 18.6 Å². The molecule has 6 heteroatoms. The molecule has 1 atom stereocenters. The highest BCUT2D eigenvalue weighted by Gasteiger charge is 2.49. The third-order valence-electron chi connectivity index (χ3n) is 6.16. The van der Waals surface area contributed by atoms with Crippen molar-refractivity contribution >= 4 is 5.91 Å². The first-order chi connectivity index (χ1) is 12.7.